The summed E-state index contributed by atoms with van der Waals surface area (Å²) in [5.74, 6) is 0.714. The highest BCUT2D eigenvalue weighted by molar-refractivity contribution is 5.83. The molecule has 0 aliphatic carbocycles. The first-order valence-electron chi connectivity index (χ1n) is 5.50. The summed E-state index contributed by atoms with van der Waals surface area (Å²) in [5.41, 5.74) is 0. The average Bonchev–Trinajstić information content (AvgIpc) is 2.26. The second-order valence-corrected chi connectivity index (χ2v) is 3.79. The molecule has 0 amide bonds. The van der Waals surface area contributed by atoms with E-state index in [0.717, 1.165) is 12.8 Å². The van der Waals surface area contributed by atoms with Crippen LogP contribution in [0.4, 0.5) is 0 Å². The molecule has 1 aliphatic heterocycles. The second-order valence-electron chi connectivity index (χ2n) is 3.79. The monoisotopic (exact) mass is 200 g/mol. The van der Waals surface area contributed by atoms with Crippen LogP contribution in [-0.4, -0.2) is 31.7 Å². The zero-order valence-corrected chi connectivity index (χ0v) is 9.12. The van der Waals surface area contributed by atoms with Crippen molar-refractivity contribution in [2.45, 2.75) is 39.2 Å². The number of hydrogen-bond donors (Lipinski definition) is 0. The van der Waals surface area contributed by atoms with Gasteiger partial charge in [-0.25, -0.2) is 0 Å². The van der Waals surface area contributed by atoms with Crippen molar-refractivity contribution in [3.05, 3.63) is 0 Å². The lowest BCUT2D eigenvalue weighted by atomic mass is 9.95. The smallest absolute Gasteiger partial charge is 0.164 e. The van der Waals surface area contributed by atoms with Gasteiger partial charge in [-0.2, -0.15) is 0 Å². The summed E-state index contributed by atoms with van der Waals surface area (Å²) in [7, 11) is 0. The van der Waals surface area contributed by atoms with E-state index in [1.807, 2.05) is 0 Å². The van der Waals surface area contributed by atoms with Gasteiger partial charge in [0.25, 0.3) is 0 Å². The van der Waals surface area contributed by atoms with Gasteiger partial charge >= 0.3 is 0 Å². The first-order valence-corrected chi connectivity index (χ1v) is 5.50. The summed E-state index contributed by atoms with van der Waals surface area (Å²) in [6, 6.07) is 0. The predicted molar refractivity (Wildman–Crippen MR) is 54.3 cm³/mol. The Bertz CT molecular complexity index is 169. The molecule has 82 valence electrons. The van der Waals surface area contributed by atoms with E-state index in [-0.39, 0.29) is 11.9 Å². The molecular weight excluding hydrogens is 180 g/mol. The van der Waals surface area contributed by atoms with Crippen molar-refractivity contribution in [3.8, 4) is 0 Å². The minimum absolute atomic E-state index is 0.207. The van der Waals surface area contributed by atoms with Crippen molar-refractivity contribution in [3.63, 3.8) is 0 Å². The molecule has 0 saturated carbocycles. The second kappa shape index (κ2) is 6.14. The molecule has 1 atom stereocenters. The van der Waals surface area contributed by atoms with Crippen LogP contribution in [-0.2, 0) is 14.3 Å². The highest BCUT2D eigenvalue weighted by atomic mass is 16.6. The van der Waals surface area contributed by atoms with Gasteiger partial charge in [-0.1, -0.05) is 26.7 Å². The Morgan fingerprint density at radius 1 is 1.36 bits per heavy atom. The quantitative estimate of drug-likeness (QED) is 0.678. The number of carbonyl (C=O) groups is 1. The van der Waals surface area contributed by atoms with Crippen LogP contribution in [0.15, 0.2) is 0 Å². The summed E-state index contributed by atoms with van der Waals surface area (Å²) in [5, 5.41) is 0. The maximum Gasteiger partial charge on any atom is 0.164 e. The molecule has 14 heavy (non-hydrogen) atoms. The number of Topliss-reactive ketones (excluding diaryl/α,β-unsaturated/α-hetero) is 1. The molecule has 0 aromatic rings. The molecule has 1 aliphatic rings. The van der Waals surface area contributed by atoms with Crippen molar-refractivity contribution >= 4 is 5.78 Å². The Balaban J connectivity index is 2.32. The lowest BCUT2D eigenvalue weighted by Gasteiger charge is -2.23. The lowest BCUT2D eigenvalue weighted by molar-refractivity contribution is -0.146. The van der Waals surface area contributed by atoms with Crippen LogP contribution in [0.25, 0.3) is 0 Å². The van der Waals surface area contributed by atoms with Gasteiger partial charge in [0.15, 0.2) is 5.78 Å². The fraction of sp³-hybridized carbons (Fsp3) is 0.909. The number of ether oxygens (including phenoxy) is 2. The van der Waals surface area contributed by atoms with Crippen LogP contribution in [0, 0.1) is 5.92 Å². The van der Waals surface area contributed by atoms with Gasteiger partial charge in [0, 0.05) is 6.42 Å². The average molecular weight is 200 g/mol. The maximum absolute atomic E-state index is 11.7. The van der Waals surface area contributed by atoms with Gasteiger partial charge in [-0.05, 0) is 5.92 Å². The van der Waals surface area contributed by atoms with Gasteiger partial charge in [-0.3, -0.25) is 4.79 Å². The van der Waals surface area contributed by atoms with E-state index in [1.165, 1.54) is 0 Å². The minimum Gasteiger partial charge on any atom is -0.376 e. The fourth-order valence-corrected chi connectivity index (χ4v) is 1.67. The molecule has 1 rings (SSSR count). The Morgan fingerprint density at radius 2 is 2.07 bits per heavy atom. The Morgan fingerprint density at radius 3 is 2.57 bits per heavy atom. The molecule has 0 bridgehead atoms. The topological polar surface area (TPSA) is 35.5 Å². The molecular formula is C11H20O3. The van der Waals surface area contributed by atoms with E-state index in [0.29, 0.717) is 32.2 Å². The van der Waals surface area contributed by atoms with Crippen LogP contribution >= 0.6 is 0 Å². The van der Waals surface area contributed by atoms with Gasteiger partial charge in [-0.15, -0.1) is 0 Å². The third-order valence-corrected chi connectivity index (χ3v) is 2.82. The molecule has 0 N–H and O–H groups in total. The van der Waals surface area contributed by atoms with E-state index in [2.05, 4.69) is 13.8 Å². The molecule has 0 spiro atoms. The van der Waals surface area contributed by atoms with E-state index in [4.69, 9.17) is 9.47 Å². The standard InChI is InChI=1S/C11H20O3/c1-3-9(4-2)7-10(12)11-8-13-5-6-14-11/h9,11H,3-8H2,1-2H3. The molecule has 0 aromatic heterocycles. The molecule has 1 unspecified atom stereocenters. The number of hydrogen-bond acceptors (Lipinski definition) is 3. The molecule has 1 heterocycles. The SMILES string of the molecule is CCC(CC)CC(=O)C1COCCO1. The Labute approximate surface area is 85.8 Å². The minimum atomic E-state index is -0.302. The van der Waals surface area contributed by atoms with Crippen molar-refractivity contribution < 1.29 is 14.3 Å². The maximum atomic E-state index is 11.7. The molecule has 3 heteroatoms. The zero-order valence-electron chi connectivity index (χ0n) is 9.12. The normalized spacial score (nSPS) is 22.6. The number of rotatable bonds is 5. The first kappa shape index (κ1) is 11.7. The van der Waals surface area contributed by atoms with Crippen molar-refractivity contribution in [2.75, 3.05) is 19.8 Å². The van der Waals surface area contributed by atoms with Crippen LogP contribution in [0.3, 0.4) is 0 Å². The van der Waals surface area contributed by atoms with Gasteiger partial charge in [0.05, 0.1) is 19.8 Å². The predicted octanol–water partition coefficient (Wildman–Crippen LogP) is 1.80. The summed E-state index contributed by atoms with van der Waals surface area (Å²) in [6.45, 7) is 5.87. The van der Waals surface area contributed by atoms with Crippen molar-refractivity contribution in [1.29, 1.82) is 0 Å². The zero-order chi connectivity index (χ0) is 10.4. The van der Waals surface area contributed by atoms with E-state index in [1.54, 1.807) is 0 Å². The molecule has 0 aromatic carbocycles. The molecule has 1 saturated heterocycles. The summed E-state index contributed by atoms with van der Waals surface area (Å²) < 4.78 is 10.6. The Kier molecular flexibility index (Phi) is 5.12. The van der Waals surface area contributed by atoms with Crippen molar-refractivity contribution in [2.24, 2.45) is 5.92 Å². The first-order chi connectivity index (χ1) is 6.77. The highest BCUT2D eigenvalue weighted by Crippen LogP contribution is 2.15. The summed E-state index contributed by atoms with van der Waals surface area (Å²) >= 11 is 0. The van der Waals surface area contributed by atoms with Crippen LogP contribution in [0.2, 0.25) is 0 Å². The van der Waals surface area contributed by atoms with Gasteiger partial charge in [0.2, 0.25) is 0 Å². The summed E-state index contributed by atoms with van der Waals surface area (Å²) in [4.78, 5) is 11.7. The van der Waals surface area contributed by atoms with Crippen molar-refractivity contribution in [1.82, 2.24) is 0 Å². The molecule has 1 fully saturated rings. The van der Waals surface area contributed by atoms with Crippen LogP contribution in [0.5, 0.6) is 0 Å². The highest BCUT2D eigenvalue weighted by Gasteiger charge is 2.23. The van der Waals surface area contributed by atoms with Crippen LogP contribution < -0.4 is 0 Å². The fourth-order valence-electron chi connectivity index (χ4n) is 1.67. The van der Waals surface area contributed by atoms with E-state index >= 15 is 0 Å². The third-order valence-electron chi connectivity index (χ3n) is 2.82. The molecule has 3 nitrogen and oxygen atoms in total. The van der Waals surface area contributed by atoms with Gasteiger partial charge < -0.3 is 9.47 Å². The number of carbonyl (C=O) groups excluding carboxylic acids is 1. The Hall–Kier alpha value is -0.410. The van der Waals surface area contributed by atoms with Gasteiger partial charge in [0.1, 0.15) is 6.10 Å². The lowest BCUT2D eigenvalue weighted by Crippen LogP contribution is -2.36. The number of ketones is 1. The summed E-state index contributed by atoms with van der Waals surface area (Å²) in [6.07, 6.45) is 2.47. The van der Waals surface area contributed by atoms with E-state index < -0.39 is 0 Å². The largest absolute Gasteiger partial charge is 0.376 e. The van der Waals surface area contributed by atoms with E-state index in [9.17, 15) is 4.79 Å². The molecule has 0 radical (unpaired) electrons. The third kappa shape index (κ3) is 3.39. The van der Waals surface area contributed by atoms with Crippen LogP contribution in [0.1, 0.15) is 33.1 Å².